The van der Waals surface area contributed by atoms with Gasteiger partial charge in [-0.15, -0.1) is 0 Å². The fraction of sp³-hybridized carbons (Fsp3) is 0.294. The van der Waals surface area contributed by atoms with Gasteiger partial charge in [-0.1, -0.05) is 36.0 Å². The molecule has 0 spiro atoms. The zero-order chi connectivity index (χ0) is 23.4. The molecule has 0 saturated heterocycles. The third-order valence-electron chi connectivity index (χ3n) is 4.30. The molecule has 0 aliphatic carbocycles. The van der Waals surface area contributed by atoms with Gasteiger partial charge in [0.15, 0.2) is 11.5 Å². The van der Waals surface area contributed by atoms with E-state index >= 15 is 0 Å². The van der Waals surface area contributed by atoms with Crippen molar-refractivity contribution in [2.75, 3.05) is 22.0 Å². The first-order valence-electron chi connectivity index (χ1n) is 8.11. The zero-order valence-corrected chi connectivity index (χ0v) is 17.4. The van der Waals surface area contributed by atoms with Crippen LogP contribution in [-0.2, 0) is 5.41 Å². The number of hydrogen-bond donors (Lipinski definition) is 4. The molecule has 4 N–H and O–H groups in total. The van der Waals surface area contributed by atoms with E-state index in [2.05, 4.69) is 19.2 Å². The van der Waals surface area contributed by atoms with E-state index in [4.69, 9.17) is 10.5 Å². The van der Waals surface area contributed by atoms with E-state index in [1.807, 2.05) is 0 Å². The maximum absolute atomic E-state index is 14.3. The molecule has 0 aromatic heterocycles. The fourth-order valence-corrected chi connectivity index (χ4v) is 3.81. The Balaban J connectivity index is 2.93. The quantitative estimate of drug-likeness (QED) is 0.151. The van der Waals surface area contributed by atoms with Crippen LogP contribution in [0.1, 0.15) is 11.1 Å². The summed E-state index contributed by atoms with van der Waals surface area (Å²) in [6, 6.07) is 3.90. The highest BCUT2D eigenvalue weighted by atomic mass is 32.2. The van der Waals surface area contributed by atoms with Gasteiger partial charge in [-0.2, -0.15) is 26.3 Å². The standard InChI is InChI=1S/C17H16F6N2O4S2/c1-30-24-11-7-9(3-5-13(11)28-26)15(16(18,19)20,17(21,22)23)10-4-6-14(29-27)12(8-10)25-31-2/h3-8,24-27H,1-2H3. The molecule has 2 aromatic rings. The summed E-state index contributed by atoms with van der Waals surface area (Å²) in [6.07, 6.45) is -8.71. The van der Waals surface area contributed by atoms with E-state index in [1.165, 1.54) is 12.5 Å². The minimum Gasteiger partial charge on any atom is -0.338 e. The van der Waals surface area contributed by atoms with Gasteiger partial charge in [0.2, 0.25) is 5.41 Å². The first kappa shape index (κ1) is 25.1. The van der Waals surface area contributed by atoms with Crippen molar-refractivity contribution < 1.29 is 46.6 Å². The maximum Gasteiger partial charge on any atom is 0.411 e. The molecule has 14 heteroatoms. The Labute approximate surface area is 181 Å². The summed E-state index contributed by atoms with van der Waals surface area (Å²) >= 11 is 1.74. The monoisotopic (exact) mass is 490 g/mol. The van der Waals surface area contributed by atoms with E-state index in [9.17, 15) is 26.3 Å². The molecule has 31 heavy (non-hydrogen) atoms. The molecular weight excluding hydrogens is 474 g/mol. The Morgan fingerprint density at radius 1 is 0.710 bits per heavy atom. The van der Waals surface area contributed by atoms with Crippen molar-refractivity contribution in [2.24, 2.45) is 0 Å². The predicted molar refractivity (Wildman–Crippen MR) is 107 cm³/mol. The van der Waals surface area contributed by atoms with Crippen molar-refractivity contribution >= 4 is 35.3 Å². The molecule has 0 heterocycles. The van der Waals surface area contributed by atoms with Crippen LogP contribution < -0.4 is 19.2 Å². The number of anilines is 2. The van der Waals surface area contributed by atoms with E-state index in [0.717, 1.165) is 36.0 Å². The van der Waals surface area contributed by atoms with E-state index in [-0.39, 0.29) is 22.9 Å². The van der Waals surface area contributed by atoms with Crippen LogP contribution in [0.25, 0.3) is 0 Å². The Hall–Kier alpha value is -2.16. The van der Waals surface area contributed by atoms with Crippen LogP contribution in [0.3, 0.4) is 0 Å². The summed E-state index contributed by atoms with van der Waals surface area (Å²) in [7, 11) is 0. The number of hydrogen-bond acceptors (Lipinski definition) is 8. The van der Waals surface area contributed by atoms with Gasteiger partial charge in [0, 0.05) is 12.5 Å². The topological polar surface area (TPSA) is 83.0 Å². The predicted octanol–water partition coefficient (Wildman–Crippen LogP) is 6.18. The molecule has 0 aliphatic heterocycles. The van der Waals surface area contributed by atoms with E-state index in [0.29, 0.717) is 24.3 Å². The second-order valence-corrected chi connectivity index (χ2v) is 7.19. The molecule has 0 fully saturated rings. The lowest BCUT2D eigenvalue weighted by molar-refractivity contribution is -0.288. The lowest BCUT2D eigenvalue weighted by Crippen LogP contribution is -2.54. The fourth-order valence-electron chi connectivity index (χ4n) is 3.05. The minimum atomic E-state index is -5.83. The number of nitrogens with one attached hydrogen (secondary N) is 2. The number of halogens is 6. The third-order valence-corrected chi connectivity index (χ3v) is 5.14. The zero-order valence-electron chi connectivity index (χ0n) is 15.8. The van der Waals surface area contributed by atoms with Crippen LogP contribution in [-0.4, -0.2) is 35.4 Å². The van der Waals surface area contributed by atoms with Crippen LogP contribution in [0, 0.1) is 0 Å². The Bertz CT molecular complexity index is 838. The molecule has 2 aromatic carbocycles. The van der Waals surface area contributed by atoms with Gasteiger partial charge in [-0.3, -0.25) is 0 Å². The highest BCUT2D eigenvalue weighted by Gasteiger charge is 2.72. The first-order chi connectivity index (χ1) is 14.5. The van der Waals surface area contributed by atoms with Crippen LogP contribution in [0.2, 0.25) is 0 Å². The van der Waals surface area contributed by atoms with Crippen LogP contribution in [0.15, 0.2) is 36.4 Å². The van der Waals surface area contributed by atoms with Gasteiger partial charge in [-0.25, -0.2) is 10.5 Å². The van der Waals surface area contributed by atoms with Crippen molar-refractivity contribution in [3.63, 3.8) is 0 Å². The molecular formula is C17H16F6N2O4S2. The molecule has 6 nitrogen and oxygen atoms in total. The lowest BCUT2D eigenvalue weighted by atomic mass is 9.72. The highest BCUT2D eigenvalue weighted by Crippen LogP contribution is 2.57. The van der Waals surface area contributed by atoms with Gasteiger partial charge < -0.3 is 19.2 Å². The van der Waals surface area contributed by atoms with Crippen molar-refractivity contribution in [3.8, 4) is 11.5 Å². The summed E-state index contributed by atoms with van der Waals surface area (Å²) < 4.78 is 90.8. The number of rotatable bonds is 8. The van der Waals surface area contributed by atoms with E-state index < -0.39 is 28.9 Å². The van der Waals surface area contributed by atoms with E-state index in [1.54, 1.807) is 0 Å². The highest BCUT2D eigenvalue weighted by molar-refractivity contribution is 8.00. The average molecular weight is 490 g/mol. The van der Waals surface area contributed by atoms with Crippen LogP contribution in [0.4, 0.5) is 37.7 Å². The first-order valence-corrected chi connectivity index (χ1v) is 10.6. The number of alkyl halides is 6. The van der Waals surface area contributed by atoms with Gasteiger partial charge in [-0.05, 0) is 35.4 Å². The number of benzene rings is 2. The van der Waals surface area contributed by atoms with Gasteiger partial charge in [0.1, 0.15) is 0 Å². The summed E-state index contributed by atoms with van der Waals surface area (Å²) in [5, 5.41) is 17.8. The molecule has 0 bridgehead atoms. The molecule has 172 valence electrons. The SMILES string of the molecule is CSNc1cc(C(c2ccc(OO)c(NSC)c2)(C(F)(F)F)C(F)(F)F)ccc1OO. The molecule has 0 saturated carbocycles. The Morgan fingerprint density at radius 2 is 1.06 bits per heavy atom. The van der Waals surface area contributed by atoms with Gasteiger partial charge in [0.05, 0.1) is 11.4 Å². The summed E-state index contributed by atoms with van der Waals surface area (Å²) in [6.45, 7) is 0. The Kier molecular flexibility index (Phi) is 7.73. The van der Waals surface area contributed by atoms with Crippen molar-refractivity contribution in [3.05, 3.63) is 47.5 Å². The lowest BCUT2D eigenvalue weighted by Gasteiger charge is -2.38. The Morgan fingerprint density at radius 3 is 1.32 bits per heavy atom. The second-order valence-electron chi connectivity index (χ2n) is 5.96. The molecule has 0 aliphatic rings. The smallest absolute Gasteiger partial charge is 0.338 e. The summed E-state index contributed by atoms with van der Waals surface area (Å²) in [5.41, 5.74) is -7.40. The van der Waals surface area contributed by atoms with Crippen LogP contribution in [0.5, 0.6) is 11.5 Å². The normalized spacial score (nSPS) is 12.5. The molecule has 0 radical (unpaired) electrons. The molecule has 2 rings (SSSR count). The summed E-state index contributed by atoms with van der Waals surface area (Å²) in [5.74, 6) is -0.741. The van der Waals surface area contributed by atoms with Gasteiger partial charge in [0.25, 0.3) is 0 Å². The maximum atomic E-state index is 14.3. The molecule has 0 unspecified atom stereocenters. The third kappa shape index (κ3) is 4.56. The second kappa shape index (κ2) is 9.54. The van der Waals surface area contributed by atoms with Crippen LogP contribution >= 0.6 is 23.9 Å². The van der Waals surface area contributed by atoms with Crippen molar-refractivity contribution in [2.45, 2.75) is 17.8 Å². The average Bonchev–Trinajstić information content (AvgIpc) is 2.67. The van der Waals surface area contributed by atoms with Gasteiger partial charge >= 0.3 is 12.4 Å². The molecule has 0 amide bonds. The molecule has 0 atom stereocenters. The van der Waals surface area contributed by atoms with Crippen molar-refractivity contribution in [1.29, 1.82) is 0 Å². The largest absolute Gasteiger partial charge is 0.411 e. The van der Waals surface area contributed by atoms with Crippen molar-refractivity contribution in [1.82, 2.24) is 0 Å². The summed E-state index contributed by atoms with van der Waals surface area (Å²) in [4.78, 5) is 8.06. The minimum absolute atomic E-state index is 0.303.